The molecule has 0 radical (unpaired) electrons. The lowest BCUT2D eigenvalue weighted by Gasteiger charge is -2.31. The number of nitrogens with zero attached hydrogens (tertiary/aromatic N) is 2. The first-order chi connectivity index (χ1) is 20.2. The number of carbonyl (C=O) groups is 6. The molecule has 0 aromatic carbocycles. The standard InChI is InChI=1S/C26H47N9O8/c1-14(2)20(23(40)33-17(25(42)43)13-19(36)37)34-22(39)18-9-6-12-35(18)24(41)16(8-3-4-10-27)32-21(38)15(28)7-5-11-31-26(29)30/h14-18,20H,3-13,27-28H2,1-2H3,(H,32,38)(H,33,40)(H,34,39)(H,36,37)(H,42,43)(H4,29,30,31)/t15-,16-,17-,18-,20-/m0/s1. The number of rotatable bonds is 19. The molecular weight excluding hydrogens is 566 g/mol. The molecule has 0 unspecified atom stereocenters. The molecule has 0 bridgehead atoms. The Morgan fingerprint density at radius 2 is 1.58 bits per heavy atom. The Morgan fingerprint density at radius 1 is 0.930 bits per heavy atom. The predicted molar refractivity (Wildman–Crippen MR) is 156 cm³/mol. The van der Waals surface area contributed by atoms with E-state index >= 15 is 0 Å². The molecule has 13 N–H and O–H groups in total. The first-order valence-electron chi connectivity index (χ1n) is 14.4. The van der Waals surface area contributed by atoms with Crippen LogP contribution in [0.2, 0.25) is 0 Å². The zero-order valence-electron chi connectivity index (χ0n) is 24.8. The fourth-order valence-corrected chi connectivity index (χ4v) is 4.60. The Bertz CT molecular complexity index is 1020. The Morgan fingerprint density at radius 3 is 2.14 bits per heavy atom. The minimum absolute atomic E-state index is 0.0734. The molecule has 1 saturated heterocycles. The Labute approximate surface area is 250 Å². The van der Waals surface area contributed by atoms with Crippen molar-refractivity contribution in [2.75, 3.05) is 19.6 Å². The highest BCUT2D eigenvalue weighted by atomic mass is 16.4. The SMILES string of the molecule is CC(C)[C@H](NC(=O)[C@@H]1CCCN1C(=O)[C@H](CCCCN)NC(=O)[C@@H](N)CCCN=C(N)N)C(=O)N[C@@H](CC(=O)O)C(=O)O. The van der Waals surface area contributed by atoms with Crippen molar-refractivity contribution in [2.45, 2.75) is 95.4 Å². The summed E-state index contributed by atoms with van der Waals surface area (Å²) in [5, 5.41) is 25.7. The third kappa shape index (κ3) is 12.8. The molecule has 0 aromatic rings. The van der Waals surface area contributed by atoms with Crippen molar-refractivity contribution in [3.05, 3.63) is 0 Å². The van der Waals surface area contributed by atoms with Gasteiger partial charge >= 0.3 is 11.9 Å². The molecule has 4 amide bonds. The number of aliphatic carboxylic acids is 2. The summed E-state index contributed by atoms with van der Waals surface area (Å²) in [4.78, 5) is 80.3. The molecule has 1 heterocycles. The zero-order chi connectivity index (χ0) is 32.7. The highest BCUT2D eigenvalue weighted by molar-refractivity contribution is 5.96. The maximum atomic E-state index is 13.6. The minimum Gasteiger partial charge on any atom is -0.481 e. The monoisotopic (exact) mass is 613 g/mol. The maximum absolute atomic E-state index is 13.6. The van der Waals surface area contributed by atoms with Crippen LogP contribution in [0.1, 0.15) is 65.2 Å². The van der Waals surface area contributed by atoms with Gasteiger partial charge in [0.05, 0.1) is 12.5 Å². The van der Waals surface area contributed by atoms with Crippen LogP contribution >= 0.6 is 0 Å². The molecule has 5 atom stereocenters. The number of likely N-dealkylation sites (tertiary alicyclic amines) is 1. The van der Waals surface area contributed by atoms with E-state index in [0.29, 0.717) is 45.2 Å². The van der Waals surface area contributed by atoms with Gasteiger partial charge in [0.25, 0.3) is 0 Å². The Kier molecular flexibility index (Phi) is 16.0. The van der Waals surface area contributed by atoms with Crippen molar-refractivity contribution in [1.29, 1.82) is 0 Å². The molecule has 1 aliphatic rings. The van der Waals surface area contributed by atoms with Crippen LogP contribution in [0.3, 0.4) is 0 Å². The summed E-state index contributed by atoms with van der Waals surface area (Å²) in [5.74, 6) is -6.04. The molecule has 17 nitrogen and oxygen atoms in total. The van der Waals surface area contributed by atoms with Gasteiger partial charge in [-0.25, -0.2) is 4.79 Å². The molecule has 0 saturated carbocycles. The lowest BCUT2D eigenvalue weighted by molar-refractivity contribution is -0.147. The van der Waals surface area contributed by atoms with Crippen molar-refractivity contribution < 1.29 is 39.0 Å². The second-order valence-corrected chi connectivity index (χ2v) is 10.8. The highest BCUT2D eigenvalue weighted by Gasteiger charge is 2.40. The zero-order valence-corrected chi connectivity index (χ0v) is 24.8. The smallest absolute Gasteiger partial charge is 0.326 e. The van der Waals surface area contributed by atoms with Gasteiger partial charge in [0.15, 0.2) is 5.96 Å². The quantitative estimate of drug-likeness (QED) is 0.0404. The van der Waals surface area contributed by atoms with Gasteiger partial charge in [0.1, 0.15) is 24.2 Å². The lowest BCUT2D eigenvalue weighted by atomic mass is 10.0. The van der Waals surface area contributed by atoms with E-state index in [1.165, 1.54) is 4.90 Å². The molecule has 1 aliphatic heterocycles. The van der Waals surface area contributed by atoms with Crippen LogP contribution < -0.4 is 38.9 Å². The van der Waals surface area contributed by atoms with E-state index in [-0.39, 0.29) is 25.3 Å². The molecular formula is C26H47N9O8. The molecule has 0 aliphatic carbocycles. The first kappa shape index (κ1) is 37.0. The van der Waals surface area contributed by atoms with E-state index in [2.05, 4.69) is 20.9 Å². The Balaban J connectivity index is 3.00. The summed E-state index contributed by atoms with van der Waals surface area (Å²) >= 11 is 0. The van der Waals surface area contributed by atoms with Crippen molar-refractivity contribution >= 4 is 41.5 Å². The third-order valence-electron chi connectivity index (χ3n) is 6.94. The summed E-state index contributed by atoms with van der Waals surface area (Å²) in [7, 11) is 0. The Hall–Kier alpha value is -3.99. The van der Waals surface area contributed by atoms with Gasteiger partial charge in [0.2, 0.25) is 23.6 Å². The van der Waals surface area contributed by atoms with Gasteiger partial charge in [-0.05, 0) is 57.4 Å². The maximum Gasteiger partial charge on any atom is 0.326 e. The molecule has 17 heteroatoms. The summed E-state index contributed by atoms with van der Waals surface area (Å²) < 4.78 is 0. The number of unbranched alkanes of at least 4 members (excludes halogenated alkanes) is 1. The number of carboxylic acid groups (broad SMARTS) is 2. The number of carbonyl (C=O) groups excluding carboxylic acids is 4. The number of hydrogen-bond donors (Lipinski definition) is 9. The van der Waals surface area contributed by atoms with Crippen LogP contribution in [-0.2, 0) is 28.8 Å². The first-order valence-corrected chi connectivity index (χ1v) is 14.4. The van der Waals surface area contributed by atoms with Crippen LogP contribution in [0.4, 0.5) is 0 Å². The third-order valence-corrected chi connectivity index (χ3v) is 6.94. The number of nitrogens with two attached hydrogens (primary N) is 4. The average molecular weight is 614 g/mol. The second kappa shape index (κ2) is 18.5. The molecule has 0 spiro atoms. The minimum atomic E-state index is -1.69. The van der Waals surface area contributed by atoms with E-state index in [9.17, 15) is 33.9 Å². The van der Waals surface area contributed by atoms with Crippen molar-refractivity contribution in [1.82, 2.24) is 20.9 Å². The molecule has 1 rings (SSSR count). The fourth-order valence-electron chi connectivity index (χ4n) is 4.60. The van der Waals surface area contributed by atoms with Crippen LogP contribution in [0.15, 0.2) is 4.99 Å². The van der Waals surface area contributed by atoms with Gasteiger partial charge < -0.3 is 54.0 Å². The van der Waals surface area contributed by atoms with E-state index < -0.39 is 78.1 Å². The van der Waals surface area contributed by atoms with Gasteiger partial charge in [-0.1, -0.05) is 13.8 Å². The summed E-state index contributed by atoms with van der Waals surface area (Å²) in [6.45, 7) is 4.17. The summed E-state index contributed by atoms with van der Waals surface area (Å²) in [6, 6.07) is -5.72. The normalized spacial score (nSPS) is 17.3. The molecule has 244 valence electrons. The number of amides is 4. The predicted octanol–water partition coefficient (Wildman–Crippen LogP) is -2.84. The van der Waals surface area contributed by atoms with Crippen LogP contribution in [0.5, 0.6) is 0 Å². The number of aliphatic imine (C=N–C) groups is 1. The van der Waals surface area contributed by atoms with Gasteiger partial charge in [-0.3, -0.25) is 29.0 Å². The second-order valence-electron chi connectivity index (χ2n) is 10.8. The van der Waals surface area contributed by atoms with Crippen molar-refractivity contribution in [3.63, 3.8) is 0 Å². The number of guanidine groups is 1. The number of carboxylic acids is 2. The van der Waals surface area contributed by atoms with Crippen LogP contribution in [0.25, 0.3) is 0 Å². The highest BCUT2D eigenvalue weighted by Crippen LogP contribution is 2.21. The van der Waals surface area contributed by atoms with Crippen molar-refractivity contribution in [2.24, 2.45) is 33.8 Å². The topological polar surface area (TPSA) is 299 Å². The van der Waals surface area contributed by atoms with E-state index in [0.717, 1.165) is 0 Å². The van der Waals surface area contributed by atoms with Crippen LogP contribution in [0, 0.1) is 5.92 Å². The van der Waals surface area contributed by atoms with Gasteiger partial charge in [-0.2, -0.15) is 0 Å². The molecule has 43 heavy (non-hydrogen) atoms. The van der Waals surface area contributed by atoms with Gasteiger partial charge in [-0.15, -0.1) is 0 Å². The van der Waals surface area contributed by atoms with E-state index in [1.807, 2.05) is 0 Å². The van der Waals surface area contributed by atoms with Crippen molar-refractivity contribution in [3.8, 4) is 0 Å². The average Bonchev–Trinajstić information content (AvgIpc) is 3.42. The number of nitrogens with one attached hydrogen (secondary N) is 3. The van der Waals surface area contributed by atoms with E-state index in [1.54, 1.807) is 13.8 Å². The largest absolute Gasteiger partial charge is 0.481 e. The lowest BCUT2D eigenvalue weighted by Crippen LogP contribution is -2.59. The summed E-state index contributed by atoms with van der Waals surface area (Å²) in [6.07, 6.45) is 2.08. The van der Waals surface area contributed by atoms with Gasteiger partial charge in [0, 0.05) is 13.1 Å². The summed E-state index contributed by atoms with van der Waals surface area (Å²) in [5.41, 5.74) is 22.2. The molecule has 0 aromatic heterocycles. The fraction of sp³-hybridized carbons (Fsp3) is 0.731. The molecule has 1 fully saturated rings. The number of hydrogen-bond acceptors (Lipinski definition) is 9. The van der Waals surface area contributed by atoms with E-state index in [4.69, 9.17) is 28.0 Å². The van der Waals surface area contributed by atoms with Crippen LogP contribution in [-0.4, -0.2) is 106 Å².